The highest BCUT2D eigenvalue weighted by molar-refractivity contribution is 5.53. The highest BCUT2D eigenvalue weighted by Crippen LogP contribution is 2.20. The number of aromatic nitrogens is 4. The third-order valence-electron chi connectivity index (χ3n) is 2.20. The highest BCUT2D eigenvalue weighted by atomic mass is 16.3. The van der Waals surface area contributed by atoms with Gasteiger partial charge in [-0.25, -0.2) is 0 Å². The number of aryl methyl sites for hydroxylation is 2. The number of tetrazole rings is 1. The van der Waals surface area contributed by atoms with E-state index in [1.807, 2.05) is 13.0 Å². The van der Waals surface area contributed by atoms with E-state index >= 15 is 0 Å². The summed E-state index contributed by atoms with van der Waals surface area (Å²) in [6.07, 6.45) is 0. The van der Waals surface area contributed by atoms with Crippen LogP contribution < -0.4 is 5.32 Å². The van der Waals surface area contributed by atoms with Crippen molar-refractivity contribution >= 4 is 5.69 Å². The van der Waals surface area contributed by atoms with E-state index in [4.69, 9.17) is 0 Å². The first-order chi connectivity index (χ1) is 7.65. The Morgan fingerprint density at radius 2 is 2.25 bits per heavy atom. The van der Waals surface area contributed by atoms with Crippen molar-refractivity contribution in [3.8, 4) is 5.75 Å². The van der Waals surface area contributed by atoms with Crippen molar-refractivity contribution in [1.29, 1.82) is 0 Å². The van der Waals surface area contributed by atoms with E-state index in [1.165, 1.54) is 4.80 Å². The van der Waals surface area contributed by atoms with Crippen LogP contribution in [0.5, 0.6) is 5.75 Å². The Balaban J connectivity index is 2.04. The maximum Gasteiger partial charge on any atom is 0.193 e. The minimum absolute atomic E-state index is 0.265. The fraction of sp³-hybridized carbons (Fsp3) is 0.300. The first-order valence-corrected chi connectivity index (χ1v) is 4.91. The first-order valence-electron chi connectivity index (χ1n) is 4.91. The van der Waals surface area contributed by atoms with E-state index in [9.17, 15) is 5.11 Å². The highest BCUT2D eigenvalue weighted by Gasteiger charge is 2.02. The normalized spacial score (nSPS) is 10.4. The van der Waals surface area contributed by atoms with Gasteiger partial charge in [-0.3, -0.25) is 0 Å². The number of phenols is 1. The van der Waals surface area contributed by atoms with Crippen LogP contribution in [0.3, 0.4) is 0 Å². The van der Waals surface area contributed by atoms with Gasteiger partial charge in [-0.05, 0) is 35.9 Å². The predicted molar refractivity (Wildman–Crippen MR) is 59.0 cm³/mol. The van der Waals surface area contributed by atoms with Crippen molar-refractivity contribution in [1.82, 2.24) is 20.2 Å². The zero-order valence-electron chi connectivity index (χ0n) is 9.18. The summed E-state index contributed by atoms with van der Waals surface area (Å²) in [6, 6.07) is 5.16. The van der Waals surface area contributed by atoms with Gasteiger partial charge >= 0.3 is 0 Å². The quantitative estimate of drug-likeness (QED) is 0.748. The van der Waals surface area contributed by atoms with E-state index in [0.29, 0.717) is 12.4 Å². The lowest BCUT2D eigenvalue weighted by atomic mass is 10.2. The van der Waals surface area contributed by atoms with Crippen molar-refractivity contribution in [3.05, 3.63) is 29.6 Å². The summed E-state index contributed by atoms with van der Waals surface area (Å²) < 4.78 is 0. The van der Waals surface area contributed by atoms with E-state index in [-0.39, 0.29) is 5.75 Å². The summed E-state index contributed by atoms with van der Waals surface area (Å²) in [5.41, 5.74) is 1.93. The van der Waals surface area contributed by atoms with E-state index in [2.05, 4.69) is 20.7 Å². The molecule has 84 valence electrons. The molecule has 0 aliphatic carbocycles. The summed E-state index contributed by atoms with van der Waals surface area (Å²) in [7, 11) is 1.72. The second-order valence-corrected chi connectivity index (χ2v) is 3.55. The molecule has 6 heteroatoms. The molecule has 0 aliphatic heterocycles. The Kier molecular flexibility index (Phi) is 2.72. The largest absolute Gasteiger partial charge is 0.508 e. The third-order valence-corrected chi connectivity index (χ3v) is 2.20. The number of benzene rings is 1. The van der Waals surface area contributed by atoms with Gasteiger partial charge in [-0.1, -0.05) is 0 Å². The molecule has 2 N–H and O–H groups in total. The fourth-order valence-corrected chi connectivity index (χ4v) is 1.41. The topological polar surface area (TPSA) is 75.9 Å². The molecular weight excluding hydrogens is 206 g/mol. The van der Waals surface area contributed by atoms with Crippen molar-refractivity contribution in [3.63, 3.8) is 0 Å². The van der Waals surface area contributed by atoms with E-state index in [1.54, 1.807) is 19.2 Å². The molecule has 0 bridgehead atoms. The molecule has 2 aromatic rings. The molecule has 2 rings (SSSR count). The molecule has 1 heterocycles. The van der Waals surface area contributed by atoms with Crippen molar-refractivity contribution in [2.24, 2.45) is 7.05 Å². The summed E-state index contributed by atoms with van der Waals surface area (Å²) in [5, 5.41) is 24.1. The minimum Gasteiger partial charge on any atom is -0.508 e. The molecule has 0 amide bonds. The predicted octanol–water partition coefficient (Wildman–Crippen LogP) is 0.836. The van der Waals surface area contributed by atoms with Crippen LogP contribution in [0.15, 0.2) is 18.2 Å². The van der Waals surface area contributed by atoms with Gasteiger partial charge in [0.2, 0.25) is 0 Å². The lowest BCUT2D eigenvalue weighted by molar-refractivity contribution is 0.475. The second-order valence-electron chi connectivity index (χ2n) is 3.55. The lowest BCUT2D eigenvalue weighted by Gasteiger charge is -2.07. The van der Waals surface area contributed by atoms with Gasteiger partial charge in [0.15, 0.2) is 5.82 Å². The second kappa shape index (κ2) is 4.18. The molecule has 1 aromatic carbocycles. The van der Waals surface area contributed by atoms with Crippen molar-refractivity contribution in [2.75, 3.05) is 5.32 Å². The summed E-state index contributed by atoms with van der Waals surface area (Å²) in [6.45, 7) is 2.44. The summed E-state index contributed by atoms with van der Waals surface area (Å²) in [5.74, 6) is 0.899. The molecule has 0 atom stereocenters. The fourth-order valence-electron chi connectivity index (χ4n) is 1.41. The number of hydrogen-bond acceptors (Lipinski definition) is 5. The molecule has 0 radical (unpaired) electrons. The molecular formula is C10H13N5O. The number of hydrogen-bond donors (Lipinski definition) is 2. The number of rotatable bonds is 3. The van der Waals surface area contributed by atoms with Crippen LogP contribution in [0.4, 0.5) is 5.69 Å². The molecule has 1 aromatic heterocycles. The molecule has 0 unspecified atom stereocenters. The third kappa shape index (κ3) is 2.28. The van der Waals surface area contributed by atoms with Gasteiger partial charge in [-0.2, -0.15) is 4.80 Å². The summed E-state index contributed by atoms with van der Waals surface area (Å²) >= 11 is 0. The van der Waals surface area contributed by atoms with Gasteiger partial charge in [-0.15, -0.1) is 10.2 Å². The monoisotopic (exact) mass is 219 g/mol. The van der Waals surface area contributed by atoms with Crippen LogP contribution in [-0.4, -0.2) is 25.3 Å². The Labute approximate surface area is 92.9 Å². The van der Waals surface area contributed by atoms with E-state index < -0.39 is 0 Å². The maximum absolute atomic E-state index is 9.26. The van der Waals surface area contributed by atoms with Crippen LogP contribution in [-0.2, 0) is 13.6 Å². The van der Waals surface area contributed by atoms with Gasteiger partial charge < -0.3 is 10.4 Å². The zero-order valence-corrected chi connectivity index (χ0v) is 9.18. The molecule has 0 fully saturated rings. The average Bonchev–Trinajstić information content (AvgIpc) is 2.63. The van der Waals surface area contributed by atoms with Crippen LogP contribution in [0, 0.1) is 6.92 Å². The number of anilines is 1. The van der Waals surface area contributed by atoms with Gasteiger partial charge in [0.25, 0.3) is 0 Å². The van der Waals surface area contributed by atoms with Crippen LogP contribution in [0.2, 0.25) is 0 Å². The molecule has 6 nitrogen and oxygen atoms in total. The minimum atomic E-state index is 0.265. The Hall–Kier alpha value is -2.11. The van der Waals surface area contributed by atoms with Crippen LogP contribution in [0.1, 0.15) is 11.4 Å². The zero-order chi connectivity index (χ0) is 11.5. The number of phenolic OH excluding ortho intramolecular Hbond substituents is 1. The average molecular weight is 219 g/mol. The number of aromatic hydroxyl groups is 1. The summed E-state index contributed by atoms with van der Waals surface area (Å²) in [4.78, 5) is 1.42. The molecule has 16 heavy (non-hydrogen) atoms. The van der Waals surface area contributed by atoms with Crippen molar-refractivity contribution < 1.29 is 5.11 Å². The molecule has 0 aliphatic rings. The standard InChI is InChI=1S/C10H13N5O/c1-7-5-8(16)3-4-9(7)11-6-10-12-14-15(2)13-10/h3-5,11,16H,6H2,1-2H3. The van der Waals surface area contributed by atoms with Crippen molar-refractivity contribution in [2.45, 2.75) is 13.5 Å². The maximum atomic E-state index is 9.26. The molecule has 0 saturated heterocycles. The number of nitrogens with zero attached hydrogens (tertiary/aromatic N) is 4. The van der Waals surface area contributed by atoms with Gasteiger partial charge in [0, 0.05) is 5.69 Å². The SMILES string of the molecule is Cc1cc(O)ccc1NCc1nnn(C)n1. The first kappa shape index (κ1) is 10.4. The molecule has 0 saturated carbocycles. The van der Waals surface area contributed by atoms with Gasteiger partial charge in [0.1, 0.15) is 5.75 Å². The lowest BCUT2D eigenvalue weighted by Crippen LogP contribution is -2.03. The van der Waals surface area contributed by atoms with Crippen LogP contribution in [0.25, 0.3) is 0 Å². The Morgan fingerprint density at radius 3 is 2.88 bits per heavy atom. The van der Waals surface area contributed by atoms with E-state index in [0.717, 1.165) is 11.3 Å². The smallest absolute Gasteiger partial charge is 0.193 e. The Morgan fingerprint density at radius 1 is 1.44 bits per heavy atom. The molecule has 0 spiro atoms. The Bertz CT molecular complexity index is 494. The number of nitrogens with one attached hydrogen (secondary N) is 1. The van der Waals surface area contributed by atoms with Gasteiger partial charge in [0.05, 0.1) is 13.6 Å². The van der Waals surface area contributed by atoms with Crippen LogP contribution >= 0.6 is 0 Å².